The summed E-state index contributed by atoms with van der Waals surface area (Å²) in [5.41, 5.74) is -4.58. The third-order valence-electron chi connectivity index (χ3n) is 1.21. The number of phenolic OH excluding ortho intramolecular Hbond substituents is 1. The van der Waals surface area contributed by atoms with Gasteiger partial charge in [-0.05, 0) is 23.9 Å². The van der Waals surface area contributed by atoms with Crippen LogP contribution in [0.15, 0.2) is 21.5 Å². The van der Waals surface area contributed by atoms with Gasteiger partial charge in [0.05, 0.1) is 4.90 Å². The minimum absolute atomic E-state index is 0.183. The molecular formula is C7H3BrF4OS. The van der Waals surface area contributed by atoms with E-state index in [0.29, 0.717) is 0 Å². The average Bonchev–Trinajstić information content (AvgIpc) is 1.96. The molecule has 0 spiro atoms. The van der Waals surface area contributed by atoms with Gasteiger partial charge >= 0.3 is 5.51 Å². The second-order valence-corrected chi connectivity index (χ2v) is 4.31. The molecule has 0 fully saturated rings. The normalized spacial score (nSPS) is 11.8. The van der Waals surface area contributed by atoms with Crippen LogP contribution in [0, 0.1) is 5.82 Å². The molecule has 0 aliphatic carbocycles. The summed E-state index contributed by atoms with van der Waals surface area (Å²) in [6, 6.07) is 1.93. The fourth-order valence-corrected chi connectivity index (χ4v) is 1.98. The average molecular weight is 291 g/mol. The molecule has 1 rings (SSSR count). The first-order chi connectivity index (χ1) is 6.29. The number of hydrogen-bond donors (Lipinski definition) is 1. The molecule has 0 saturated carbocycles. The molecule has 1 N–H and O–H groups in total. The van der Waals surface area contributed by atoms with Crippen LogP contribution in [0.25, 0.3) is 0 Å². The molecule has 0 radical (unpaired) electrons. The van der Waals surface area contributed by atoms with Crippen LogP contribution >= 0.6 is 27.7 Å². The number of phenols is 1. The Morgan fingerprint density at radius 1 is 1.29 bits per heavy atom. The number of hydrogen-bond acceptors (Lipinski definition) is 2. The monoisotopic (exact) mass is 290 g/mol. The highest BCUT2D eigenvalue weighted by Crippen LogP contribution is 2.41. The van der Waals surface area contributed by atoms with Crippen molar-refractivity contribution in [1.29, 1.82) is 0 Å². The molecule has 0 aliphatic heterocycles. The lowest BCUT2D eigenvalue weighted by Crippen LogP contribution is -2.00. The topological polar surface area (TPSA) is 20.2 Å². The Morgan fingerprint density at radius 2 is 1.86 bits per heavy atom. The number of halogens is 5. The van der Waals surface area contributed by atoms with Crippen molar-refractivity contribution in [3.05, 3.63) is 22.4 Å². The van der Waals surface area contributed by atoms with Gasteiger partial charge < -0.3 is 5.11 Å². The summed E-state index contributed by atoms with van der Waals surface area (Å²) < 4.78 is 48.8. The van der Waals surface area contributed by atoms with E-state index in [1.165, 1.54) is 0 Å². The minimum atomic E-state index is -4.58. The van der Waals surface area contributed by atoms with Crippen LogP contribution in [-0.4, -0.2) is 10.6 Å². The predicted octanol–water partition coefficient (Wildman–Crippen LogP) is 3.91. The summed E-state index contributed by atoms with van der Waals surface area (Å²) in [4.78, 5) is -0.663. The molecule has 0 atom stereocenters. The number of aromatic hydroxyl groups is 1. The predicted molar refractivity (Wildman–Crippen MR) is 47.7 cm³/mol. The zero-order valence-electron chi connectivity index (χ0n) is 6.40. The Balaban J connectivity index is 3.09. The van der Waals surface area contributed by atoms with Gasteiger partial charge in [-0.3, -0.25) is 0 Å². The number of rotatable bonds is 1. The molecule has 0 saturated heterocycles. The van der Waals surface area contributed by atoms with Crippen LogP contribution in [0.2, 0.25) is 0 Å². The van der Waals surface area contributed by atoms with Crippen LogP contribution in [0.3, 0.4) is 0 Å². The van der Waals surface area contributed by atoms with Crippen LogP contribution in [0.4, 0.5) is 17.6 Å². The van der Waals surface area contributed by atoms with Crippen molar-refractivity contribution in [2.24, 2.45) is 0 Å². The van der Waals surface area contributed by atoms with Gasteiger partial charge in [-0.1, -0.05) is 15.9 Å². The molecule has 1 aromatic carbocycles. The smallest absolute Gasteiger partial charge is 0.446 e. The Hall–Kier alpha value is -0.430. The van der Waals surface area contributed by atoms with E-state index in [1.807, 2.05) is 0 Å². The lowest BCUT2D eigenvalue weighted by Gasteiger charge is -2.07. The summed E-state index contributed by atoms with van der Waals surface area (Å²) >= 11 is 2.24. The molecule has 0 unspecified atom stereocenters. The van der Waals surface area contributed by atoms with Gasteiger partial charge in [0.25, 0.3) is 0 Å². The van der Waals surface area contributed by atoms with Crippen LogP contribution in [0.5, 0.6) is 5.75 Å². The van der Waals surface area contributed by atoms with Crippen molar-refractivity contribution in [2.45, 2.75) is 10.4 Å². The van der Waals surface area contributed by atoms with Gasteiger partial charge in [0.15, 0.2) is 11.6 Å². The fraction of sp³-hybridized carbons (Fsp3) is 0.143. The van der Waals surface area contributed by atoms with Crippen molar-refractivity contribution in [3.8, 4) is 5.75 Å². The van der Waals surface area contributed by atoms with Crippen molar-refractivity contribution in [2.75, 3.05) is 0 Å². The van der Waals surface area contributed by atoms with Crippen LogP contribution < -0.4 is 0 Å². The first-order valence-corrected chi connectivity index (χ1v) is 4.84. The zero-order chi connectivity index (χ0) is 10.9. The van der Waals surface area contributed by atoms with Crippen molar-refractivity contribution >= 4 is 27.7 Å². The minimum Gasteiger partial charge on any atom is -0.505 e. The molecule has 0 aliphatic rings. The lowest BCUT2D eigenvalue weighted by atomic mass is 10.3. The van der Waals surface area contributed by atoms with E-state index in [9.17, 15) is 17.6 Å². The molecule has 1 nitrogen and oxygen atoms in total. The Kier molecular flexibility index (Phi) is 3.31. The van der Waals surface area contributed by atoms with Gasteiger partial charge in [-0.2, -0.15) is 13.2 Å². The Labute approximate surface area is 89.2 Å². The van der Waals surface area contributed by atoms with Crippen molar-refractivity contribution < 1.29 is 22.7 Å². The fourth-order valence-electron chi connectivity index (χ4n) is 0.749. The standard InChI is InChI=1S/C7H3BrF4OS/c8-3-1-4(13)6(9)5(2-3)14-7(10,11)12/h1-2,13H. The van der Waals surface area contributed by atoms with Gasteiger partial charge in [-0.15, -0.1) is 0 Å². The van der Waals surface area contributed by atoms with Gasteiger partial charge in [-0.25, -0.2) is 4.39 Å². The van der Waals surface area contributed by atoms with E-state index < -0.39 is 33.7 Å². The molecule has 7 heteroatoms. The maximum Gasteiger partial charge on any atom is 0.446 e. The zero-order valence-corrected chi connectivity index (χ0v) is 8.80. The summed E-state index contributed by atoms with van der Waals surface area (Å²) in [7, 11) is 0. The molecule has 0 aromatic heterocycles. The molecule has 0 heterocycles. The molecule has 0 bridgehead atoms. The highest BCUT2D eigenvalue weighted by atomic mass is 79.9. The SMILES string of the molecule is Oc1cc(Br)cc(SC(F)(F)F)c1F. The Morgan fingerprint density at radius 3 is 2.36 bits per heavy atom. The third-order valence-corrected chi connectivity index (χ3v) is 2.42. The molecule has 78 valence electrons. The number of alkyl halides is 3. The van der Waals surface area contributed by atoms with E-state index >= 15 is 0 Å². The molecule has 1 aromatic rings. The van der Waals surface area contributed by atoms with E-state index in [0.717, 1.165) is 12.1 Å². The maximum atomic E-state index is 12.9. The van der Waals surface area contributed by atoms with E-state index in [1.54, 1.807) is 0 Å². The summed E-state index contributed by atoms with van der Waals surface area (Å²) in [6.07, 6.45) is 0. The second kappa shape index (κ2) is 3.98. The van der Waals surface area contributed by atoms with E-state index in [4.69, 9.17) is 5.11 Å². The first-order valence-electron chi connectivity index (χ1n) is 3.23. The number of thioether (sulfide) groups is 1. The van der Waals surface area contributed by atoms with Gasteiger partial charge in [0.2, 0.25) is 0 Å². The van der Waals surface area contributed by atoms with Crippen LogP contribution in [0.1, 0.15) is 0 Å². The highest BCUT2D eigenvalue weighted by Gasteiger charge is 2.31. The second-order valence-electron chi connectivity index (χ2n) is 2.28. The first kappa shape index (κ1) is 11.6. The van der Waals surface area contributed by atoms with Crippen molar-refractivity contribution in [1.82, 2.24) is 0 Å². The summed E-state index contributed by atoms with van der Waals surface area (Å²) in [5.74, 6) is -2.08. The summed E-state index contributed by atoms with van der Waals surface area (Å²) in [5, 5.41) is 8.89. The quantitative estimate of drug-likeness (QED) is 0.625. The van der Waals surface area contributed by atoms with Gasteiger partial charge in [0.1, 0.15) is 0 Å². The molecule has 0 amide bonds. The molecular weight excluding hydrogens is 288 g/mol. The van der Waals surface area contributed by atoms with Crippen LogP contribution in [-0.2, 0) is 0 Å². The van der Waals surface area contributed by atoms with Gasteiger partial charge in [0, 0.05) is 4.47 Å². The third kappa shape index (κ3) is 3.06. The molecule has 14 heavy (non-hydrogen) atoms. The highest BCUT2D eigenvalue weighted by molar-refractivity contribution is 9.10. The number of benzene rings is 1. The lowest BCUT2D eigenvalue weighted by molar-refractivity contribution is -0.0329. The maximum absolute atomic E-state index is 12.9. The Bertz CT molecular complexity index is 352. The van der Waals surface area contributed by atoms with E-state index in [-0.39, 0.29) is 4.47 Å². The van der Waals surface area contributed by atoms with E-state index in [2.05, 4.69) is 15.9 Å². The van der Waals surface area contributed by atoms with Crippen molar-refractivity contribution in [3.63, 3.8) is 0 Å². The largest absolute Gasteiger partial charge is 0.505 e. The summed E-state index contributed by atoms with van der Waals surface area (Å²) in [6.45, 7) is 0.